The van der Waals surface area contributed by atoms with Crippen molar-refractivity contribution in [2.24, 2.45) is 0 Å². The molecule has 1 saturated heterocycles. The van der Waals surface area contributed by atoms with Crippen LogP contribution < -0.4 is 5.32 Å². The van der Waals surface area contributed by atoms with Gasteiger partial charge in [0.1, 0.15) is 5.15 Å². The van der Waals surface area contributed by atoms with Gasteiger partial charge in [-0.15, -0.1) is 0 Å². The Morgan fingerprint density at radius 1 is 1.62 bits per heavy atom. The molecular formula is C9H11ClN2O. The van der Waals surface area contributed by atoms with E-state index in [0.29, 0.717) is 11.8 Å². The van der Waals surface area contributed by atoms with Gasteiger partial charge in [-0.3, -0.25) is 0 Å². The number of nitrogens with one attached hydrogen (secondary N) is 1. The highest BCUT2D eigenvalue weighted by Gasteiger charge is 2.14. The van der Waals surface area contributed by atoms with Crippen molar-refractivity contribution >= 4 is 11.6 Å². The molecule has 0 saturated carbocycles. The second-order valence-corrected chi connectivity index (χ2v) is 3.38. The molecule has 70 valence electrons. The van der Waals surface area contributed by atoms with Crippen LogP contribution in [0.25, 0.3) is 0 Å². The Morgan fingerprint density at radius 2 is 2.54 bits per heavy atom. The van der Waals surface area contributed by atoms with E-state index in [1.165, 1.54) is 0 Å². The number of halogens is 1. The van der Waals surface area contributed by atoms with Gasteiger partial charge in [0, 0.05) is 12.7 Å². The van der Waals surface area contributed by atoms with Gasteiger partial charge < -0.3 is 10.1 Å². The Labute approximate surface area is 82.1 Å². The van der Waals surface area contributed by atoms with Crippen LogP contribution in [0.3, 0.4) is 0 Å². The normalized spacial score (nSPS) is 23.0. The van der Waals surface area contributed by atoms with Crippen LogP contribution in [-0.4, -0.2) is 24.7 Å². The van der Waals surface area contributed by atoms with Gasteiger partial charge in [-0.05, 0) is 17.7 Å². The highest BCUT2D eigenvalue weighted by molar-refractivity contribution is 6.29. The Bertz CT molecular complexity index is 287. The van der Waals surface area contributed by atoms with Gasteiger partial charge in [-0.1, -0.05) is 11.6 Å². The SMILES string of the molecule is Clc1cc([C@@H]2COCCN2)ccn1. The number of hydrogen-bond acceptors (Lipinski definition) is 3. The van der Waals surface area contributed by atoms with Gasteiger partial charge in [0.25, 0.3) is 0 Å². The van der Waals surface area contributed by atoms with Crippen LogP contribution in [0, 0.1) is 0 Å². The molecule has 0 spiro atoms. The summed E-state index contributed by atoms with van der Waals surface area (Å²) >= 11 is 5.78. The lowest BCUT2D eigenvalue weighted by molar-refractivity contribution is 0.0768. The van der Waals surface area contributed by atoms with Crippen molar-refractivity contribution < 1.29 is 4.74 Å². The van der Waals surface area contributed by atoms with Crippen molar-refractivity contribution in [2.45, 2.75) is 6.04 Å². The number of rotatable bonds is 1. The Balaban J connectivity index is 2.14. The molecule has 13 heavy (non-hydrogen) atoms. The van der Waals surface area contributed by atoms with Crippen LogP contribution in [-0.2, 0) is 4.74 Å². The average molecular weight is 199 g/mol. The van der Waals surface area contributed by atoms with Crippen LogP contribution in [0.4, 0.5) is 0 Å². The number of pyridine rings is 1. The Hall–Kier alpha value is -0.640. The maximum absolute atomic E-state index is 5.78. The third kappa shape index (κ3) is 2.18. The number of hydrogen-bond donors (Lipinski definition) is 1. The minimum atomic E-state index is 0.259. The van der Waals surface area contributed by atoms with Crippen LogP contribution >= 0.6 is 11.6 Å². The van der Waals surface area contributed by atoms with E-state index in [0.717, 1.165) is 18.7 Å². The van der Waals surface area contributed by atoms with Crippen LogP contribution in [0.1, 0.15) is 11.6 Å². The molecule has 0 aromatic carbocycles. The van der Waals surface area contributed by atoms with Gasteiger partial charge in [0.2, 0.25) is 0 Å². The lowest BCUT2D eigenvalue weighted by Gasteiger charge is -2.23. The summed E-state index contributed by atoms with van der Waals surface area (Å²) in [5, 5.41) is 3.88. The summed E-state index contributed by atoms with van der Waals surface area (Å²) in [7, 11) is 0. The first kappa shape index (κ1) is 8.94. The second kappa shape index (κ2) is 4.05. The first-order chi connectivity index (χ1) is 6.36. The lowest BCUT2D eigenvalue weighted by Crippen LogP contribution is -2.34. The summed E-state index contributed by atoms with van der Waals surface area (Å²) in [6.45, 7) is 2.39. The first-order valence-electron chi connectivity index (χ1n) is 4.29. The molecule has 0 aliphatic carbocycles. The number of ether oxygens (including phenoxy) is 1. The zero-order valence-corrected chi connectivity index (χ0v) is 7.92. The second-order valence-electron chi connectivity index (χ2n) is 2.99. The van der Waals surface area contributed by atoms with Gasteiger partial charge in [-0.25, -0.2) is 4.98 Å². The van der Waals surface area contributed by atoms with E-state index in [1.807, 2.05) is 12.1 Å². The van der Waals surface area contributed by atoms with Gasteiger partial charge in [0.15, 0.2) is 0 Å². The van der Waals surface area contributed by atoms with E-state index in [9.17, 15) is 0 Å². The lowest BCUT2D eigenvalue weighted by atomic mass is 10.1. The molecule has 2 heterocycles. The average Bonchev–Trinajstić information content (AvgIpc) is 2.19. The number of aromatic nitrogens is 1. The van der Waals surface area contributed by atoms with Crippen LogP contribution in [0.5, 0.6) is 0 Å². The maximum atomic E-state index is 5.78. The molecule has 0 unspecified atom stereocenters. The molecule has 1 fully saturated rings. The van der Waals surface area contributed by atoms with E-state index >= 15 is 0 Å². The number of nitrogens with zero attached hydrogens (tertiary/aromatic N) is 1. The molecule has 1 aliphatic heterocycles. The summed E-state index contributed by atoms with van der Waals surface area (Å²) < 4.78 is 5.35. The minimum absolute atomic E-state index is 0.259. The highest BCUT2D eigenvalue weighted by atomic mass is 35.5. The van der Waals surface area contributed by atoms with E-state index in [-0.39, 0.29) is 6.04 Å². The molecule has 1 atom stereocenters. The number of morpholine rings is 1. The molecule has 1 aromatic rings. The zero-order valence-electron chi connectivity index (χ0n) is 7.16. The topological polar surface area (TPSA) is 34.1 Å². The molecule has 0 radical (unpaired) electrons. The summed E-state index contributed by atoms with van der Waals surface area (Å²) in [4.78, 5) is 3.93. The molecule has 1 N–H and O–H groups in total. The van der Waals surface area contributed by atoms with Crippen molar-refractivity contribution in [1.82, 2.24) is 10.3 Å². The minimum Gasteiger partial charge on any atom is -0.378 e. The maximum Gasteiger partial charge on any atom is 0.129 e. The van der Waals surface area contributed by atoms with Gasteiger partial charge in [0.05, 0.1) is 19.3 Å². The van der Waals surface area contributed by atoms with Crippen molar-refractivity contribution in [3.05, 3.63) is 29.0 Å². The van der Waals surface area contributed by atoms with Gasteiger partial charge in [-0.2, -0.15) is 0 Å². The van der Waals surface area contributed by atoms with Crippen molar-refractivity contribution in [3.8, 4) is 0 Å². The predicted octanol–water partition coefficient (Wildman–Crippen LogP) is 1.40. The monoisotopic (exact) mass is 198 g/mol. The molecular weight excluding hydrogens is 188 g/mol. The first-order valence-corrected chi connectivity index (χ1v) is 4.66. The zero-order chi connectivity index (χ0) is 9.10. The molecule has 3 nitrogen and oxygen atoms in total. The fraction of sp³-hybridized carbons (Fsp3) is 0.444. The fourth-order valence-electron chi connectivity index (χ4n) is 1.41. The fourth-order valence-corrected chi connectivity index (χ4v) is 1.60. The van der Waals surface area contributed by atoms with E-state index in [2.05, 4.69) is 10.3 Å². The van der Waals surface area contributed by atoms with Crippen molar-refractivity contribution in [2.75, 3.05) is 19.8 Å². The largest absolute Gasteiger partial charge is 0.378 e. The van der Waals surface area contributed by atoms with Crippen LogP contribution in [0.2, 0.25) is 5.15 Å². The Morgan fingerprint density at radius 3 is 3.23 bits per heavy atom. The smallest absolute Gasteiger partial charge is 0.129 e. The molecule has 4 heteroatoms. The van der Waals surface area contributed by atoms with Crippen molar-refractivity contribution in [3.63, 3.8) is 0 Å². The highest BCUT2D eigenvalue weighted by Crippen LogP contribution is 2.17. The summed E-state index contributed by atoms with van der Waals surface area (Å²) in [5.41, 5.74) is 1.14. The molecule has 2 rings (SSSR count). The molecule has 0 bridgehead atoms. The van der Waals surface area contributed by atoms with Crippen LogP contribution in [0.15, 0.2) is 18.3 Å². The van der Waals surface area contributed by atoms with E-state index in [4.69, 9.17) is 16.3 Å². The Kier molecular flexibility index (Phi) is 2.78. The third-order valence-corrected chi connectivity index (χ3v) is 2.28. The van der Waals surface area contributed by atoms with Crippen molar-refractivity contribution in [1.29, 1.82) is 0 Å². The molecule has 1 aliphatic rings. The van der Waals surface area contributed by atoms with E-state index < -0.39 is 0 Å². The van der Waals surface area contributed by atoms with E-state index in [1.54, 1.807) is 6.20 Å². The standard InChI is InChI=1S/C9H11ClN2O/c10-9-5-7(1-2-12-9)8-6-13-4-3-11-8/h1-2,5,8,11H,3-4,6H2/t8-/m0/s1. The summed E-state index contributed by atoms with van der Waals surface area (Å²) in [6, 6.07) is 4.08. The quantitative estimate of drug-likeness (QED) is 0.693. The van der Waals surface area contributed by atoms with Gasteiger partial charge >= 0.3 is 0 Å². The summed E-state index contributed by atoms with van der Waals surface area (Å²) in [5.74, 6) is 0. The predicted molar refractivity (Wildman–Crippen MR) is 50.8 cm³/mol. The molecule has 1 aromatic heterocycles. The third-order valence-electron chi connectivity index (χ3n) is 2.07. The molecule has 0 amide bonds. The summed E-state index contributed by atoms with van der Waals surface area (Å²) in [6.07, 6.45) is 1.72.